The lowest BCUT2D eigenvalue weighted by molar-refractivity contribution is -0.121. The normalized spacial score (nSPS) is 19.4. The first-order chi connectivity index (χ1) is 9.11. The molecule has 1 aliphatic rings. The van der Waals surface area contributed by atoms with E-state index in [4.69, 9.17) is 0 Å². The minimum absolute atomic E-state index is 0.0937. The predicted molar refractivity (Wildman–Crippen MR) is 75.2 cm³/mol. The standard InChI is InChI=1S/C14H19N3O2/c1-10(18)16-11-5-7-12(8-6-11)17-9-3-4-13(15-2)14(17)19/h5-8,13,15H,3-4,9H2,1-2H3,(H,16,18). The van der Waals surface area contributed by atoms with Gasteiger partial charge in [-0.05, 0) is 44.2 Å². The average molecular weight is 261 g/mol. The Kier molecular flexibility index (Phi) is 4.16. The van der Waals surface area contributed by atoms with Crippen molar-refractivity contribution < 1.29 is 9.59 Å². The van der Waals surface area contributed by atoms with Crippen LogP contribution in [0.1, 0.15) is 19.8 Å². The number of hydrogen-bond acceptors (Lipinski definition) is 3. The third-order valence-electron chi connectivity index (χ3n) is 3.29. The number of carbonyl (C=O) groups excluding carboxylic acids is 2. The van der Waals surface area contributed by atoms with Crippen LogP contribution in [-0.4, -0.2) is 31.4 Å². The Morgan fingerprint density at radius 1 is 1.32 bits per heavy atom. The fraction of sp³-hybridized carbons (Fsp3) is 0.429. The van der Waals surface area contributed by atoms with Crippen LogP contribution < -0.4 is 15.5 Å². The molecule has 2 amide bonds. The predicted octanol–water partition coefficient (Wildman–Crippen LogP) is 1.36. The van der Waals surface area contributed by atoms with Crippen LogP contribution in [0.2, 0.25) is 0 Å². The number of carbonyl (C=O) groups is 2. The third-order valence-corrected chi connectivity index (χ3v) is 3.29. The Balaban J connectivity index is 2.13. The SMILES string of the molecule is CNC1CCCN(c2ccc(NC(C)=O)cc2)C1=O. The van der Waals surface area contributed by atoms with Crippen molar-refractivity contribution in [2.45, 2.75) is 25.8 Å². The fourth-order valence-corrected chi connectivity index (χ4v) is 2.33. The van der Waals surface area contributed by atoms with E-state index in [2.05, 4.69) is 10.6 Å². The maximum atomic E-state index is 12.2. The van der Waals surface area contributed by atoms with Gasteiger partial charge in [-0.15, -0.1) is 0 Å². The van der Waals surface area contributed by atoms with E-state index < -0.39 is 0 Å². The molecule has 1 saturated heterocycles. The molecule has 0 radical (unpaired) electrons. The summed E-state index contributed by atoms with van der Waals surface area (Å²) in [6.45, 7) is 2.22. The largest absolute Gasteiger partial charge is 0.326 e. The maximum Gasteiger partial charge on any atom is 0.244 e. The molecule has 5 nitrogen and oxygen atoms in total. The van der Waals surface area contributed by atoms with Gasteiger partial charge in [0.05, 0.1) is 6.04 Å². The summed E-state index contributed by atoms with van der Waals surface area (Å²) in [5, 5.41) is 5.75. The molecule has 1 aliphatic heterocycles. The molecule has 1 unspecified atom stereocenters. The number of piperidine rings is 1. The Labute approximate surface area is 113 Å². The van der Waals surface area contributed by atoms with E-state index in [9.17, 15) is 9.59 Å². The van der Waals surface area contributed by atoms with Crippen molar-refractivity contribution in [1.82, 2.24) is 5.32 Å². The summed E-state index contributed by atoms with van der Waals surface area (Å²) in [5.74, 6) is 0.0121. The van der Waals surface area contributed by atoms with Crippen LogP contribution in [0.4, 0.5) is 11.4 Å². The number of nitrogens with zero attached hydrogens (tertiary/aromatic N) is 1. The molecular formula is C14H19N3O2. The average Bonchev–Trinajstić information content (AvgIpc) is 2.39. The van der Waals surface area contributed by atoms with E-state index in [1.807, 2.05) is 31.3 Å². The third kappa shape index (κ3) is 3.12. The Hall–Kier alpha value is -1.88. The van der Waals surface area contributed by atoms with Crippen molar-refractivity contribution in [1.29, 1.82) is 0 Å². The lowest BCUT2D eigenvalue weighted by atomic mass is 10.0. The number of amides is 2. The first-order valence-electron chi connectivity index (χ1n) is 6.48. The number of rotatable bonds is 3. The van der Waals surface area contributed by atoms with Crippen LogP contribution in [0.5, 0.6) is 0 Å². The van der Waals surface area contributed by atoms with Gasteiger partial charge in [-0.2, -0.15) is 0 Å². The van der Waals surface area contributed by atoms with Crippen LogP contribution in [0.25, 0.3) is 0 Å². The number of likely N-dealkylation sites (N-methyl/N-ethyl adjacent to an activating group) is 1. The Bertz CT molecular complexity index is 470. The van der Waals surface area contributed by atoms with Crippen LogP contribution in [0, 0.1) is 0 Å². The molecule has 1 heterocycles. The smallest absolute Gasteiger partial charge is 0.244 e. The molecule has 1 aromatic carbocycles. The molecule has 0 spiro atoms. The van der Waals surface area contributed by atoms with Crippen molar-refractivity contribution in [3.05, 3.63) is 24.3 Å². The Morgan fingerprint density at radius 3 is 2.58 bits per heavy atom. The quantitative estimate of drug-likeness (QED) is 0.863. The zero-order valence-electron chi connectivity index (χ0n) is 11.3. The van der Waals surface area contributed by atoms with Gasteiger partial charge in [0.15, 0.2) is 0 Å². The van der Waals surface area contributed by atoms with E-state index in [0.29, 0.717) is 0 Å². The summed E-state index contributed by atoms with van der Waals surface area (Å²) < 4.78 is 0. The zero-order chi connectivity index (χ0) is 13.8. The highest BCUT2D eigenvalue weighted by molar-refractivity contribution is 5.98. The number of anilines is 2. The van der Waals surface area contributed by atoms with Crippen LogP contribution in [0.3, 0.4) is 0 Å². The van der Waals surface area contributed by atoms with Crippen molar-refractivity contribution in [2.75, 3.05) is 23.8 Å². The van der Waals surface area contributed by atoms with Gasteiger partial charge in [0, 0.05) is 24.8 Å². The molecular weight excluding hydrogens is 242 g/mol. The van der Waals surface area contributed by atoms with Crippen molar-refractivity contribution in [2.24, 2.45) is 0 Å². The molecule has 1 fully saturated rings. The molecule has 2 N–H and O–H groups in total. The van der Waals surface area contributed by atoms with Gasteiger partial charge in [-0.1, -0.05) is 0 Å². The maximum absolute atomic E-state index is 12.2. The van der Waals surface area contributed by atoms with E-state index in [1.165, 1.54) is 6.92 Å². The minimum atomic E-state index is -0.1000. The van der Waals surface area contributed by atoms with Gasteiger partial charge < -0.3 is 15.5 Å². The van der Waals surface area contributed by atoms with Crippen LogP contribution in [0.15, 0.2) is 24.3 Å². The summed E-state index contributed by atoms with van der Waals surface area (Å²) in [6, 6.07) is 7.26. The van der Waals surface area contributed by atoms with Gasteiger partial charge in [0.2, 0.25) is 11.8 Å². The van der Waals surface area contributed by atoms with Gasteiger partial charge >= 0.3 is 0 Å². The van der Waals surface area contributed by atoms with Crippen molar-refractivity contribution >= 4 is 23.2 Å². The second-order valence-corrected chi connectivity index (χ2v) is 4.70. The molecule has 0 aromatic heterocycles. The van der Waals surface area contributed by atoms with Crippen LogP contribution in [-0.2, 0) is 9.59 Å². The summed E-state index contributed by atoms with van der Waals surface area (Å²) in [6.07, 6.45) is 1.88. The van der Waals surface area contributed by atoms with Gasteiger partial charge in [-0.3, -0.25) is 9.59 Å². The highest BCUT2D eigenvalue weighted by Gasteiger charge is 2.28. The highest BCUT2D eigenvalue weighted by atomic mass is 16.2. The van der Waals surface area contributed by atoms with Crippen LogP contribution >= 0.6 is 0 Å². The zero-order valence-corrected chi connectivity index (χ0v) is 11.3. The molecule has 5 heteroatoms. The minimum Gasteiger partial charge on any atom is -0.326 e. The molecule has 1 atom stereocenters. The molecule has 0 bridgehead atoms. The first kappa shape index (κ1) is 13.5. The van der Waals surface area contributed by atoms with Crippen molar-refractivity contribution in [3.8, 4) is 0 Å². The van der Waals surface area contributed by atoms with E-state index in [1.54, 1.807) is 4.90 Å². The molecule has 2 rings (SSSR count). The lowest BCUT2D eigenvalue weighted by Crippen LogP contribution is -2.49. The summed E-state index contributed by atoms with van der Waals surface area (Å²) in [7, 11) is 1.81. The first-order valence-corrected chi connectivity index (χ1v) is 6.48. The van der Waals surface area contributed by atoms with E-state index in [-0.39, 0.29) is 17.9 Å². The monoisotopic (exact) mass is 261 g/mol. The Morgan fingerprint density at radius 2 is 2.00 bits per heavy atom. The summed E-state index contributed by atoms with van der Waals surface area (Å²) >= 11 is 0. The molecule has 1 aromatic rings. The number of nitrogens with one attached hydrogen (secondary N) is 2. The highest BCUT2D eigenvalue weighted by Crippen LogP contribution is 2.22. The second kappa shape index (κ2) is 5.84. The van der Waals surface area contributed by atoms with Gasteiger partial charge in [-0.25, -0.2) is 0 Å². The molecule has 19 heavy (non-hydrogen) atoms. The topological polar surface area (TPSA) is 61.4 Å². The number of benzene rings is 1. The fourth-order valence-electron chi connectivity index (χ4n) is 2.33. The molecule has 102 valence electrons. The lowest BCUT2D eigenvalue weighted by Gasteiger charge is -2.32. The molecule has 0 saturated carbocycles. The molecule has 0 aliphatic carbocycles. The summed E-state index contributed by atoms with van der Waals surface area (Å²) in [4.78, 5) is 25.0. The number of hydrogen-bond donors (Lipinski definition) is 2. The van der Waals surface area contributed by atoms with Crippen molar-refractivity contribution in [3.63, 3.8) is 0 Å². The van der Waals surface area contributed by atoms with E-state index in [0.717, 1.165) is 30.8 Å². The van der Waals surface area contributed by atoms with Gasteiger partial charge in [0.25, 0.3) is 0 Å². The summed E-state index contributed by atoms with van der Waals surface area (Å²) in [5.41, 5.74) is 1.62. The van der Waals surface area contributed by atoms with E-state index >= 15 is 0 Å². The second-order valence-electron chi connectivity index (χ2n) is 4.70. The van der Waals surface area contributed by atoms with Gasteiger partial charge in [0.1, 0.15) is 0 Å².